The number of fused-ring (bicyclic) bond motifs is 1. The van der Waals surface area contributed by atoms with E-state index in [9.17, 15) is 19.3 Å². The van der Waals surface area contributed by atoms with Crippen molar-refractivity contribution in [1.29, 1.82) is 0 Å². The number of carbonyl (C=O) groups excluding carboxylic acids is 1. The van der Waals surface area contributed by atoms with E-state index in [1.54, 1.807) is 37.3 Å². The second kappa shape index (κ2) is 8.95. The van der Waals surface area contributed by atoms with E-state index >= 15 is 0 Å². The molecule has 0 saturated heterocycles. The van der Waals surface area contributed by atoms with E-state index in [0.717, 1.165) is 6.07 Å². The van der Waals surface area contributed by atoms with Crippen LogP contribution in [0.4, 0.5) is 15.8 Å². The molecule has 0 aliphatic carbocycles. The summed E-state index contributed by atoms with van der Waals surface area (Å²) in [5, 5.41) is 14.2. The third-order valence-corrected chi connectivity index (χ3v) is 4.88. The maximum absolute atomic E-state index is 13.2. The molecule has 2 N–H and O–H groups in total. The minimum Gasteiger partial charge on any atom is -0.493 e. The number of halogens is 1. The number of anilines is 1. The highest BCUT2D eigenvalue weighted by molar-refractivity contribution is 6.08. The molecule has 4 aromatic rings. The van der Waals surface area contributed by atoms with Gasteiger partial charge in [0.05, 0.1) is 35.7 Å². The van der Waals surface area contributed by atoms with Gasteiger partial charge >= 0.3 is 0 Å². The van der Waals surface area contributed by atoms with Crippen molar-refractivity contribution in [2.75, 3.05) is 19.0 Å². The second-order valence-corrected chi connectivity index (χ2v) is 6.99. The summed E-state index contributed by atoms with van der Waals surface area (Å²) in [6, 6.07) is 13.3. The van der Waals surface area contributed by atoms with E-state index in [1.807, 2.05) is 0 Å². The summed E-state index contributed by atoms with van der Waals surface area (Å²) < 4.78 is 23.8. The zero-order valence-electron chi connectivity index (χ0n) is 17.7. The Labute approximate surface area is 187 Å². The number of nitrogens with one attached hydrogen (secondary N) is 2. The lowest BCUT2D eigenvalue weighted by Crippen LogP contribution is -2.14. The van der Waals surface area contributed by atoms with Crippen molar-refractivity contribution in [2.24, 2.45) is 0 Å². The van der Waals surface area contributed by atoms with Gasteiger partial charge in [0.1, 0.15) is 17.2 Å². The number of aromatic nitrogens is 2. The van der Waals surface area contributed by atoms with Gasteiger partial charge in [-0.2, -0.15) is 0 Å². The number of hydrogen-bond acceptors (Lipinski definition) is 6. The number of hydrogen-bond donors (Lipinski definition) is 2. The van der Waals surface area contributed by atoms with Gasteiger partial charge in [-0.25, -0.2) is 9.37 Å². The molecule has 33 heavy (non-hydrogen) atoms. The third kappa shape index (κ3) is 4.45. The normalized spacial score (nSPS) is 10.8. The number of rotatable bonds is 7. The number of imidazole rings is 1. The highest BCUT2D eigenvalue weighted by Gasteiger charge is 2.25. The third-order valence-electron chi connectivity index (χ3n) is 4.88. The molecule has 0 spiro atoms. The molecular formula is C23H19FN4O5. The number of aromatic amines is 1. The summed E-state index contributed by atoms with van der Waals surface area (Å²) in [4.78, 5) is 31.4. The smallest absolute Gasteiger partial charge is 0.286 e. The molecule has 1 heterocycles. The van der Waals surface area contributed by atoms with Crippen LogP contribution >= 0.6 is 0 Å². The molecule has 9 nitrogen and oxygen atoms in total. The van der Waals surface area contributed by atoms with E-state index < -0.39 is 16.5 Å². The molecule has 168 valence electrons. The fraction of sp³-hybridized carbons (Fsp3) is 0.130. The number of nitrogens with zero attached hydrogens (tertiary/aromatic N) is 2. The van der Waals surface area contributed by atoms with Crippen LogP contribution in [0.3, 0.4) is 0 Å². The second-order valence-electron chi connectivity index (χ2n) is 6.99. The topological polar surface area (TPSA) is 119 Å². The monoisotopic (exact) mass is 450 g/mol. The summed E-state index contributed by atoms with van der Waals surface area (Å²) in [5.74, 6) is -0.0976. The highest BCUT2D eigenvalue weighted by Crippen LogP contribution is 2.35. The Balaban J connectivity index is 1.65. The predicted octanol–water partition coefficient (Wildman–Crippen LogP) is 4.94. The molecule has 10 heteroatoms. The first-order chi connectivity index (χ1) is 15.9. The number of carbonyl (C=O) groups is 1. The van der Waals surface area contributed by atoms with Crippen LogP contribution in [0.2, 0.25) is 0 Å². The predicted molar refractivity (Wildman–Crippen MR) is 120 cm³/mol. The van der Waals surface area contributed by atoms with Crippen molar-refractivity contribution >= 4 is 28.3 Å². The summed E-state index contributed by atoms with van der Waals surface area (Å²) in [6.45, 7) is 2.04. The standard InChI is InChI=1S/C23H19FN4O5/c1-3-33-21-11-16(19(28(30)31)12-20(21)32-2)23(29)25-15-8-9-17-18(10-15)27-22(26-17)13-4-6-14(24)7-5-13/h4-12H,3H2,1-2H3,(H,25,29)(H,26,27). The largest absolute Gasteiger partial charge is 0.493 e. The fourth-order valence-electron chi connectivity index (χ4n) is 3.34. The number of nitro benzene ring substituents is 1. The summed E-state index contributed by atoms with van der Waals surface area (Å²) in [6.07, 6.45) is 0. The van der Waals surface area contributed by atoms with Crippen LogP contribution in [-0.4, -0.2) is 34.5 Å². The van der Waals surface area contributed by atoms with Crippen molar-refractivity contribution in [3.8, 4) is 22.9 Å². The van der Waals surface area contributed by atoms with Crippen molar-refractivity contribution in [2.45, 2.75) is 6.92 Å². The van der Waals surface area contributed by atoms with Crippen LogP contribution in [0, 0.1) is 15.9 Å². The Morgan fingerprint density at radius 1 is 1.15 bits per heavy atom. The van der Waals surface area contributed by atoms with Gasteiger partial charge in [-0.1, -0.05) is 0 Å². The molecule has 1 aromatic heterocycles. The first kappa shape index (κ1) is 21.8. The Morgan fingerprint density at radius 2 is 1.91 bits per heavy atom. The fourth-order valence-corrected chi connectivity index (χ4v) is 3.34. The quantitative estimate of drug-likeness (QED) is 0.304. The molecule has 0 fully saturated rings. The first-order valence-corrected chi connectivity index (χ1v) is 9.96. The Hall–Kier alpha value is -4.47. The van der Waals surface area contributed by atoms with Gasteiger partial charge in [0, 0.05) is 17.3 Å². The van der Waals surface area contributed by atoms with Gasteiger partial charge in [0.25, 0.3) is 11.6 Å². The van der Waals surface area contributed by atoms with Crippen molar-refractivity contribution in [3.63, 3.8) is 0 Å². The lowest BCUT2D eigenvalue weighted by molar-refractivity contribution is -0.385. The molecule has 0 radical (unpaired) electrons. The van der Waals surface area contributed by atoms with Gasteiger partial charge < -0.3 is 19.8 Å². The van der Waals surface area contributed by atoms with E-state index in [0.29, 0.717) is 34.7 Å². The summed E-state index contributed by atoms with van der Waals surface area (Å²) >= 11 is 0. The minimum absolute atomic E-state index is 0.160. The molecule has 4 rings (SSSR count). The molecule has 0 aliphatic heterocycles. The lowest BCUT2D eigenvalue weighted by Gasteiger charge is -2.12. The van der Waals surface area contributed by atoms with Crippen LogP contribution in [0.5, 0.6) is 11.5 Å². The highest BCUT2D eigenvalue weighted by atomic mass is 19.1. The average Bonchev–Trinajstić information content (AvgIpc) is 3.22. The van der Waals surface area contributed by atoms with Gasteiger partial charge in [-0.05, 0) is 49.4 Å². The molecule has 0 saturated carbocycles. The van der Waals surface area contributed by atoms with Crippen LogP contribution in [-0.2, 0) is 0 Å². The molecule has 0 atom stereocenters. The molecule has 0 aliphatic rings. The molecule has 0 unspecified atom stereocenters. The van der Waals surface area contributed by atoms with E-state index in [1.165, 1.54) is 25.3 Å². The van der Waals surface area contributed by atoms with Crippen LogP contribution in [0.25, 0.3) is 22.4 Å². The Bertz CT molecular complexity index is 1350. The molecule has 3 aromatic carbocycles. The van der Waals surface area contributed by atoms with E-state index in [-0.39, 0.29) is 22.9 Å². The van der Waals surface area contributed by atoms with Crippen LogP contribution < -0.4 is 14.8 Å². The van der Waals surface area contributed by atoms with Gasteiger partial charge in [-0.15, -0.1) is 0 Å². The summed E-state index contributed by atoms with van der Waals surface area (Å²) in [5.41, 5.74) is 1.81. The van der Waals surface area contributed by atoms with E-state index in [4.69, 9.17) is 9.47 Å². The molecule has 1 amide bonds. The van der Waals surface area contributed by atoms with Crippen molar-refractivity contribution in [1.82, 2.24) is 9.97 Å². The first-order valence-electron chi connectivity index (χ1n) is 9.96. The minimum atomic E-state index is -0.678. The van der Waals surface area contributed by atoms with Gasteiger partial charge in [0.15, 0.2) is 11.5 Å². The number of amides is 1. The average molecular weight is 450 g/mol. The maximum Gasteiger partial charge on any atom is 0.286 e. The van der Waals surface area contributed by atoms with Gasteiger partial charge in [0.2, 0.25) is 0 Å². The van der Waals surface area contributed by atoms with Crippen LogP contribution in [0.1, 0.15) is 17.3 Å². The van der Waals surface area contributed by atoms with Crippen LogP contribution in [0.15, 0.2) is 54.6 Å². The van der Waals surface area contributed by atoms with Crippen molar-refractivity contribution in [3.05, 3.63) is 76.1 Å². The zero-order chi connectivity index (χ0) is 23.5. The van der Waals surface area contributed by atoms with Crippen molar-refractivity contribution < 1.29 is 23.6 Å². The zero-order valence-corrected chi connectivity index (χ0v) is 17.7. The Morgan fingerprint density at radius 3 is 2.58 bits per heavy atom. The maximum atomic E-state index is 13.2. The molecular weight excluding hydrogens is 431 g/mol. The number of ether oxygens (including phenoxy) is 2. The van der Waals surface area contributed by atoms with Gasteiger partial charge in [-0.3, -0.25) is 14.9 Å². The lowest BCUT2D eigenvalue weighted by atomic mass is 10.1. The molecule has 0 bridgehead atoms. The number of nitro groups is 1. The van der Waals surface area contributed by atoms with E-state index in [2.05, 4.69) is 15.3 Å². The SMILES string of the molecule is CCOc1cc(C(=O)Nc2ccc3nc(-c4ccc(F)cc4)[nH]c3c2)c([N+](=O)[O-])cc1OC. The number of benzene rings is 3. The Kier molecular flexibility index (Phi) is 5.90. The number of methoxy groups -OCH3 is 1. The summed E-state index contributed by atoms with van der Waals surface area (Å²) in [7, 11) is 1.36. The number of H-pyrrole nitrogens is 1.